The molecule has 0 fully saturated rings. The van der Waals surface area contributed by atoms with Gasteiger partial charge in [0.05, 0.1) is 0 Å². The molecule has 1 rings (SSSR count). The quantitative estimate of drug-likeness (QED) is 0.677. The minimum atomic E-state index is -0.279. The number of nitrogens with zero attached hydrogens (tertiary/aromatic N) is 2. The van der Waals surface area contributed by atoms with Gasteiger partial charge in [-0.2, -0.15) is 0 Å². The molecule has 0 aliphatic carbocycles. The average Bonchev–Trinajstić information content (AvgIpc) is 2.54. The second-order valence-electron chi connectivity index (χ2n) is 1.78. The Morgan fingerprint density at radius 3 is 2.33 bits per heavy atom. The van der Waals surface area contributed by atoms with E-state index in [-0.39, 0.29) is 11.6 Å². The largest absolute Gasteiger partial charge is 0.354 e. The lowest BCUT2D eigenvalue weighted by Gasteiger charge is -1.90. The van der Waals surface area contributed by atoms with Gasteiger partial charge in [0.15, 0.2) is 5.69 Å². The third-order valence-electron chi connectivity index (χ3n) is 1.09. The predicted molar refractivity (Wildman–Crippen MR) is 43.8 cm³/mol. The van der Waals surface area contributed by atoms with Gasteiger partial charge < -0.3 is 5.32 Å². The molecule has 5 heteroatoms. The van der Waals surface area contributed by atoms with Gasteiger partial charge in [-0.3, -0.25) is 4.79 Å². The van der Waals surface area contributed by atoms with Gasteiger partial charge in [-0.25, -0.2) is 4.63 Å². The third kappa shape index (κ3) is 2.34. The average molecular weight is 171 g/mol. The lowest BCUT2D eigenvalue weighted by atomic mass is 10.3. The highest BCUT2D eigenvalue weighted by Gasteiger charge is 2.11. The molecular weight excluding hydrogens is 158 g/mol. The van der Waals surface area contributed by atoms with E-state index in [0.29, 0.717) is 5.69 Å². The molecule has 0 atom stereocenters. The van der Waals surface area contributed by atoms with E-state index in [1.807, 2.05) is 13.8 Å². The molecule has 1 aromatic rings. The summed E-state index contributed by atoms with van der Waals surface area (Å²) in [4.78, 5) is 10.8. The maximum absolute atomic E-state index is 10.8. The summed E-state index contributed by atoms with van der Waals surface area (Å²) in [5.74, 6) is -0.279. The molecule has 0 saturated heterocycles. The summed E-state index contributed by atoms with van der Waals surface area (Å²) in [6, 6.07) is 0. The van der Waals surface area contributed by atoms with Crippen LogP contribution >= 0.6 is 0 Å². The molecule has 5 nitrogen and oxygen atoms in total. The molecule has 0 aliphatic rings. The van der Waals surface area contributed by atoms with Crippen LogP contribution in [0.3, 0.4) is 0 Å². The fourth-order valence-electron chi connectivity index (χ4n) is 0.556. The molecule has 0 aromatic carbocycles. The van der Waals surface area contributed by atoms with Crippen LogP contribution in [0.5, 0.6) is 0 Å². The number of carbonyl (C=O) groups excluding carboxylic acids is 1. The first-order chi connectivity index (χ1) is 5.75. The molecule has 0 radical (unpaired) electrons. The number of hydrogen-bond donors (Lipinski definition) is 1. The number of amides is 1. The van der Waals surface area contributed by atoms with Gasteiger partial charge in [-0.1, -0.05) is 19.0 Å². The first kappa shape index (κ1) is 10.6. The van der Waals surface area contributed by atoms with Crippen molar-refractivity contribution in [3.8, 4) is 0 Å². The van der Waals surface area contributed by atoms with Crippen molar-refractivity contribution in [2.75, 3.05) is 7.05 Å². The van der Waals surface area contributed by atoms with Crippen molar-refractivity contribution >= 4 is 5.91 Å². The Hall–Kier alpha value is -1.39. The first-order valence-electron chi connectivity index (χ1n) is 3.77. The first-order valence-corrected chi connectivity index (χ1v) is 3.77. The van der Waals surface area contributed by atoms with Gasteiger partial charge in [-0.15, -0.1) is 0 Å². The van der Waals surface area contributed by atoms with Crippen molar-refractivity contribution < 1.29 is 9.42 Å². The summed E-state index contributed by atoms with van der Waals surface area (Å²) in [5.41, 5.74) is 0.738. The molecule has 0 spiro atoms. The van der Waals surface area contributed by atoms with E-state index >= 15 is 0 Å². The zero-order valence-corrected chi connectivity index (χ0v) is 7.71. The fraction of sp³-hybridized carbons (Fsp3) is 0.571. The smallest absolute Gasteiger partial charge is 0.275 e. The Kier molecular flexibility index (Phi) is 4.67. The molecule has 1 amide bonds. The normalized spacial score (nSPS) is 8.33. The lowest BCUT2D eigenvalue weighted by Crippen LogP contribution is -2.19. The minimum Gasteiger partial charge on any atom is -0.354 e. The van der Waals surface area contributed by atoms with Crippen LogP contribution < -0.4 is 5.32 Å². The van der Waals surface area contributed by atoms with Crippen molar-refractivity contribution in [1.29, 1.82) is 0 Å². The summed E-state index contributed by atoms with van der Waals surface area (Å²) in [7, 11) is 1.52. The number of hydrogen-bond acceptors (Lipinski definition) is 4. The van der Waals surface area contributed by atoms with E-state index in [1.54, 1.807) is 6.92 Å². The van der Waals surface area contributed by atoms with Crippen LogP contribution in [0.2, 0.25) is 0 Å². The maximum atomic E-state index is 10.8. The molecule has 0 unspecified atom stereocenters. The second-order valence-corrected chi connectivity index (χ2v) is 1.78. The maximum Gasteiger partial charge on any atom is 0.275 e. The Labute approximate surface area is 71.1 Å². The summed E-state index contributed by atoms with van der Waals surface area (Å²) >= 11 is 0. The molecule has 1 heterocycles. The predicted octanol–water partition coefficient (Wildman–Crippen LogP) is 0.764. The van der Waals surface area contributed by atoms with Crippen LogP contribution in [-0.2, 0) is 0 Å². The zero-order chi connectivity index (χ0) is 9.56. The number of nitrogens with one attached hydrogen (secondary N) is 1. The van der Waals surface area contributed by atoms with Crippen LogP contribution in [0, 0.1) is 6.92 Å². The highest BCUT2D eigenvalue weighted by atomic mass is 16.6. The number of aromatic nitrogens is 2. The minimum absolute atomic E-state index is 0.238. The third-order valence-corrected chi connectivity index (χ3v) is 1.09. The monoisotopic (exact) mass is 171 g/mol. The highest BCUT2D eigenvalue weighted by molar-refractivity contribution is 5.92. The van der Waals surface area contributed by atoms with Gasteiger partial charge in [0.25, 0.3) is 5.91 Å². The number of aryl methyl sites for hydroxylation is 1. The van der Waals surface area contributed by atoms with Gasteiger partial charge in [0.1, 0.15) is 5.69 Å². The summed E-state index contributed by atoms with van der Waals surface area (Å²) < 4.78 is 4.31. The Morgan fingerprint density at radius 1 is 1.42 bits per heavy atom. The van der Waals surface area contributed by atoms with E-state index in [0.717, 1.165) is 0 Å². The molecule has 0 bridgehead atoms. The van der Waals surface area contributed by atoms with Crippen LogP contribution in [0.25, 0.3) is 0 Å². The Balaban J connectivity index is 0.000000561. The van der Waals surface area contributed by atoms with E-state index in [9.17, 15) is 4.79 Å². The van der Waals surface area contributed by atoms with Gasteiger partial charge >= 0.3 is 0 Å². The standard InChI is InChI=1S/C5H7N3O2.C2H6/c1-3-4(5(9)6-2)8-10-7-3;1-2/h1-2H3,(H,6,9);1-2H3. The van der Waals surface area contributed by atoms with Gasteiger partial charge in [0.2, 0.25) is 0 Å². The second kappa shape index (κ2) is 5.29. The molecule has 12 heavy (non-hydrogen) atoms. The topological polar surface area (TPSA) is 68.0 Å². The van der Waals surface area contributed by atoms with Crippen molar-refractivity contribution in [1.82, 2.24) is 15.6 Å². The SMILES string of the molecule is CC.CNC(=O)c1nonc1C. The Bertz CT molecular complexity index is 245. The fourth-order valence-corrected chi connectivity index (χ4v) is 0.556. The lowest BCUT2D eigenvalue weighted by molar-refractivity contribution is 0.0953. The summed E-state index contributed by atoms with van der Waals surface area (Å²) in [6.45, 7) is 5.65. The zero-order valence-electron chi connectivity index (χ0n) is 7.71. The molecule has 0 aliphatic heterocycles. The van der Waals surface area contributed by atoms with E-state index in [2.05, 4.69) is 20.3 Å². The van der Waals surface area contributed by atoms with Crippen molar-refractivity contribution in [3.05, 3.63) is 11.4 Å². The van der Waals surface area contributed by atoms with Gasteiger partial charge in [0, 0.05) is 7.05 Å². The van der Waals surface area contributed by atoms with Crippen molar-refractivity contribution in [2.45, 2.75) is 20.8 Å². The Morgan fingerprint density at radius 2 is 2.00 bits per heavy atom. The molecule has 0 saturated carbocycles. The molecule has 1 aromatic heterocycles. The van der Waals surface area contributed by atoms with E-state index < -0.39 is 0 Å². The van der Waals surface area contributed by atoms with Crippen LogP contribution in [-0.4, -0.2) is 23.3 Å². The van der Waals surface area contributed by atoms with E-state index in [4.69, 9.17) is 0 Å². The van der Waals surface area contributed by atoms with E-state index in [1.165, 1.54) is 7.05 Å². The van der Waals surface area contributed by atoms with Crippen molar-refractivity contribution in [3.63, 3.8) is 0 Å². The molecule has 68 valence electrons. The van der Waals surface area contributed by atoms with Crippen LogP contribution in [0.1, 0.15) is 30.0 Å². The summed E-state index contributed by atoms with van der Waals surface area (Å²) in [6.07, 6.45) is 0. The van der Waals surface area contributed by atoms with Crippen LogP contribution in [0.4, 0.5) is 0 Å². The van der Waals surface area contributed by atoms with Gasteiger partial charge in [-0.05, 0) is 12.1 Å². The highest BCUT2D eigenvalue weighted by Crippen LogP contribution is 1.98. The van der Waals surface area contributed by atoms with Crippen LogP contribution in [0.15, 0.2) is 4.63 Å². The molecule has 1 N–H and O–H groups in total. The number of rotatable bonds is 1. The summed E-state index contributed by atoms with van der Waals surface area (Å²) in [5, 5.41) is 9.23. The van der Waals surface area contributed by atoms with Crippen molar-refractivity contribution in [2.24, 2.45) is 0 Å². The number of carbonyl (C=O) groups is 1. The molecular formula is C7H13N3O2.